The van der Waals surface area contributed by atoms with E-state index in [1.165, 1.54) is 0 Å². The van der Waals surface area contributed by atoms with Gasteiger partial charge in [0, 0.05) is 11.4 Å². The number of benzene rings is 1. The molecule has 0 atom stereocenters. The molecule has 0 spiro atoms. The van der Waals surface area contributed by atoms with Crippen molar-refractivity contribution >= 4 is 55.9 Å². The van der Waals surface area contributed by atoms with Crippen molar-refractivity contribution in [1.29, 1.82) is 0 Å². The second kappa shape index (κ2) is 9.37. The van der Waals surface area contributed by atoms with Gasteiger partial charge in [-0.1, -0.05) is 6.07 Å². The van der Waals surface area contributed by atoms with Crippen LogP contribution in [-0.4, -0.2) is 36.1 Å². The number of nitrogens with one attached hydrogen (secondary N) is 3. The largest absolute Gasteiger partial charge is 0.336 e. The lowest BCUT2D eigenvalue weighted by atomic mass is 10.2. The van der Waals surface area contributed by atoms with E-state index in [0.717, 1.165) is 17.5 Å². The van der Waals surface area contributed by atoms with Crippen LogP contribution in [0.5, 0.6) is 0 Å². The van der Waals surface area contributed by atoms with E-state index in [1.54, 1.807) is 49.6 Å². The fourth-order valence-corrected chi connectivity index (χ4v) is 5.19. The van der Waals surface area contributed by atoms with Crippen LogP contribution in [0.25, 0.3) is 0 Å². The number of carbonyl (C=O) groups excluding carboxylic acids is 1. The molecule has 0 unspecified atom stereocenters. The Balaban J connectivity index is 1.84. The summed E-state index contributed by atoms with van der Waals surface area (Å²) in [6, 6.07) is 8.29. The van der Waals surface area contributed by atoms with E-state index in [1.807, 2.05) is 0 Å². The molecule has 5 N–H and O–H groups in total. The van der Waals surface area contributed by atoms with Crippen LogP contribution in [0.1, 0.15) is 13.8 Å². The average Bonchev–Trinajstić information content (AvgIpc) is 3.19. The Bertz CT molecular complexity index is 1200. The first-order chi connectivity index (χ1) is 14.7. The number of aromatic nitrogens is 2. The third kappa shape index (κ3) is 5.34. The van der Waals surface area contributed by atoms with E-state index < -0.39 is 20.9 Å². The van der Waals surface area contributed by atoms with Gasteiger partial charge in [0.25, 0.3) is 0 Å². The quantitative estimate of drug-likeness (QED) is 0.398. The first-order valence-corrected chi connectivity index (χ1v) is 11.6. The minimum atomic E-state index is -3.54. The Morgan fingerprint density at radius 1 is 1.23 bits per heavy atom. The highest BCUT2D eigenvalue weighted by Gasteiger charge is 2.25. The van der Waals surface area contributed by atoms with Gasteiger partial charge in [-0.3, -0.25) is 4.79 Å². The molecule has 0 saturated carbocycles. The molecule has 0 aliphatic rings. The number of nitrogens with zero attached hydrogens (tertiary/aromatic N) is 2. The molecule has 164 valence electrons. The summed E-state index contributed by atoms with van der Waals surface area (Å²) < 4.78 is 39.5. The van der Waals surface area contributed by atoms with Gasteiger partial charge in [0.15, 0.2) is 21.5 Å². The number of thiophene rings is 1. The third-order valence-corrected chi connectivity index (χ3v) is 7.76. The highest BCUT2D eigenvalue weighted by atomic mass is 32.2. The van der Waals surface area contributed by atoms with Gasteiger partial charge in [0.05, 0.1) is 23.7 Å². The standard InChI is InChI=1S/C19H21FN6O3S2/c1-11(2)31(28,29)18-15(6-7-30-18)25-17-14(20)10-22-19(26-17)24-13-5-3-4-12(8-13)23-16(27)9-21/h3-8,10-11H,9,21H2,1-2H3,(H,23,27)(H2,22,24,25,26). The van der Waals surface area contributed by atoms with Crippen molar-refractivity contribution in [2.75, 3.05) is 22.5 Å². The number of amides is 1. The summed E-state index contributed by atoms with van der Waals surface area (Å²) in [5.41, 5.74) is 6.60. The lowest BCUT2D eigenvalue weighted by Gasteiger charge is -2.12. The normalized spacial score (nSPS) is 11.4. The smallest absolute Gasteiger partial charge is 0.238 e. The molecule has 2 heterocycles. The van der Waals surface area contributed by atoms with Crippen molar-refractivity contribution in [2.45, 2.75) is 23.3 Å². The minimum Gasteiger partial charge on any atom is -0.336 e. The summed E-state index contributed by atoms with van der Waals surface area (Å²) in [5, 5.41) is 9.28. The first-order valence-electron chi connectivity index (χ1n) is 9.18. The zero-order valence-corrected chi connectivity index (χ0v) is 18.3. The fourth-order valence-electron chi connectivity index (χ4n) is 2.48. The lowest BCUT2D eigenvalue weighted by Crippen LogP contribution is -2.21. The molecule has 1 amide bonds. The lowest BCUT2D eigenvalue weighted by molar-refractivity contribution is -0.114. The van der Waals surface area contributed by atoms with Gasteiger partial charge in [-0.15, -0.1) is 11.3 Å². The molecule has 1 aromatic carbocycles. The number of rotatable bonds is 8. The van der Waals surface area contributed by atoms with E-state index in [0.29, 0.717) is 11.4 Å². The van der Waals surface area contributed by atoms with Crippen molar-refractivity contribution in [2.24, 2.45) is 5.73 Å². The van der Waals surface area contributed by atoms with E-state index in [2.05, 4.69) is 25.9 Å². The summed E-state index contributed by atoms with van der Waals surface area (Å²) in [4.78, 5) is 19.5. The number of hydrogen-bond acceptors (Lipinski definition) is 9. The van der Waals surface area contributed by atoms with Gasteiger partial charge < -0.3 is 21.7 Å². The predicted octanol–water partition coefficient (Wildman–Crippen LogP) is 3.24. The van der Waals surface area contributed by atoms with Crippen LogP contribution in [0.15, 0.2) is 46.1 Å². The molecular weight excluding hydrogens is 443 g/mol. The molecule has 12 heteroatoms. The van der Waals surface area contributed by atoms with Crippen LogP contribution < -0.4 is 21.7 Å². The van der Waals surface area contributed by atoms with Crippen LogP contribution >= 0.6 is 11.3 Å². The van der Waals surface area contributed by atoms with Crippen LogP contribution in [0.3, 0.4) is 0 Å². The Morgan fingerprint density at radius 2 is 1.97 bits per heavy atom. The molecule has 31 heavy (non-hydrogen) atoms. The van der Waals surface area contributed by atoms with Gasteiger partial charge in [-0.2, -0.15) is 4.98 Å². The van der Waals surface area contributed by atoms with Crippen LogP contribution in [0.4, 0.5) is 33.2 Å². The van der Waals surface area contributed by atoms with Crippen LogP contribution in [0.2, 0.25) is 0 Å². The molecule has 3 rings (SSSR count). The Hall–Kier alpha value is -3.09. The van der Waals surface area contributed by atoms with E-state index in [-0.39, 0.29) is 34.1 Å². The van der Waals surface area contributed by atoms with Crippen molar-refractivity contribution in [3.8, 4) is 0 Å². The molecule has 0 fully saturated rings. The molecule has 9 nitrogen and oxygen atoms in total. The fraction of sp³-hybridized carbons (Fsp3) is 0.211. The molecule has 0 radical (unpaired) electrons. The predicted molar refractivity (Wildman–Crippen MR) is 119 cm³/mol. The monoisotopic (exact) mass is 464 g/mol. The molecule has 2 aromatic heterocycles. The van der Waals surface area contributed by atoms with Crippen molar-refractivity contribution in [3.05, 3.63) is 47.7 Å². The molecule has 0 aliphatic carbocycles. The highest BCUT2D eigenvalue weighted by Crippen LogP contribution is 2.33. The molecule has 0 aliphatic heterocycles. The summed E-state index contributed by atoms with van der Waals surface area (Å²) in [6.45, 7) is 3.01. The maximum atomic E-state index is 14.3. The van der Waals surface area contributed by atoms with Gasteiger partial charge in [0.1, 0.15) is 4.21 Å². The average molecular weight is 465 g/mol. The van der Waals surface area contributed by atoms with Crippen molar-refractivity contribution in [3.63, 3.8) is 0 Å². The topological polar surface area (TPSA) is 139 Å². The minimum absolute atomic E-state index is 0.0784. The molecular formula is C19H21FN6O3S2. The molecule has 0 bridgehead atoms. The Kier molecular flexibility index (Phi) is 6.83. The summed E-state index contributed by atoms with van der Waals surface area (Å²) in [6.07, 6.45) is 0.973. The van der Waals surface area contributed by atoms with Crippen LogP contribution in [0, 0.1) is 5.82 Å². The maximum Gasteiger partial charge on any atom is 0.238 e. The third-order valence-electron chi connectivity index (χ3n) is 4.09. The maximum absolute atomic E-state index is 14.3. The molecule has 3 aromatic rings. The van der Waals surface area contributed by atoms with Crippen LogP contribution in [-0.2, 0) is 14.6 Å². The zero-order chi connectivity index (χ0) is 22.6. The first kappa shape index (κ1) is 22.6. The Morgan fingerprint density at radius 3 is 2.68 bits per heavy atom. The van der Waals surface area contributed by atoms with Crippen molar-refractivity contribution < 1.29 is 17.6 Å². The van der Waals surface area contributed by atoms with E-state index in [9.17, 15) is 17.6 Å². The van der Waals surface area contributed by atoms with E-state index in [4.69, 9.17) is 5.73 Å². The van der Waals surface area contributed by atoms with E-state index >= 15 is 0 Å². The van der Waals surface area contributed by atoms with Gasteiger partial charge in [-0.25, -0.2) is 17.8 Å². The zero-order valence-electron chi connectivity index (χ0n) is 16.7. The molecule has 0 saturated heterocycles. The van der Waals surface area contributed by atoms with Gasteiger partial charge in [-0.05, 0) is 43.5 Å². The van der Waals surface area contributed by atoms with Crippen molar-refractivity contribution in [1.82, 2.24) is 9.97 Å². The van der Waals surface area contributed by atoms with Gasteiger partial charge in [0.2, 0.25) is 11.9 Å². The number of halogens is 1. The number of sulfone groups is 1. The van der Waals surface area contributed by atoms with Gasteiger partial charge >= 0.3 is 0 Å². The summed E-state index contributed by atoms with van der Waals surface area (Å²) in [5.74, 6) is -1.18. The number of hydrogen-bond donors (Lipinski definition) is 4. The summed E-state index contributed by atoms with van der Waals surface area (Å²) in [7, 11) is -3.54. The SMILES string of the molecule is CC(C)S(=O)(=O)c1sccc1Nc1nc(Nc2cccc(NC(=O)CN)c2)ncc1F. The Labute approximate surface area is 182 Å². The highest BCUT2D eigenvalue weighted by molar-refractivity contribution is 7.94. The number of carbonyl (C=O) groups is 1. The second-order valence-corrected chi connectivity index (χ2v) is 10.3. The summed E-state index contributed by atoms with van der Waals surface area (Å²) >= 11 is 1.05. The number of nitrogens with two attached hydrogens (primary N) is 1. The second-order valence-electron chi connectivity index (χ2n) is 6.69. The number of anilines is 5.